The van der Waals surface area contributed by atoms with Crippen LogP contribution in [0.3, 0.4) is 0 Å². The predicted octanol–water partition coefficient (Wildman–Crippen LogP) is 5.92. The molecule has 0 amide bonds. The second-order valence-corrected chi connectivity index (χ2v) is 8.90. The summed E-state index contributed by atoms with van der Waals surface area (Å²) in [7, 11) is 0. The third kappa shape index (κ3) is 3.96. The first-order valence-corrected chi connectivity index (χ1v) is 11.5. The monoisotopic (exact) mass is 418 g/mol. The third-order valence-electron chi connectivity index (χ3n) is 4.63. The summed E-state index contributed by atoms with van der Waals surface area (Å²) in [6.07, 6.45) is 2.51. The van der Waals surface area contributed by atoms with Crippen molar-refractivity contribution in [2.75, 3.05) is 6.61 Å². The van der Waals surface area contributed by atoms with E-state index in [0.717, 1.165) is 16.9 Å². The van der Waals surface area contributed by atoms with Crippen LogP contribution in [0, 0.1) is 11.8 Å². The van der Waals surface area contributed by atoms with Crippen molar-refractivity contribution in [2.45, 2.75) is 25.1 Å². The van der Waals surface area contributed by atoms with Gasteiger partial charge in [0.1, 0.15) is 0 Å². The number of benzene rings is 3. The molecule has 4 rings (SSSR count). The number of rotatable bonds is 4. The molecule has 0 saturated heterocycles. The van der Waals surface area contributed by atoms with Crippen molar-refractivity contribution in [3.05, 3.63) is 83.4 Å². The van der Waals surface area contributed by atoms with Crippen molar-refractivity contribution < 1.29 is 4.74 Å². The van der Waals surface area contributed by atoms with Crippen molar-refractivity contribution in [1.29, 1.82) is 0 Å². The molecular formula is C25H22OSe. The summed E-state index contributed by atoms with van der Waals surface area (Å²) in [6.45, 7) is 2.83. The molecule has 0 radical (unpaired) electrons. The van der Waals surface area contributed by atoms with Gasteiger partial charge in [-0.3, -0.25) is 0 Å². The summed E-state index contributed by atoms with van der Waals surface area (Å²) in [4.78, 5) is 0. The second-order valence-electron chi connectivity index (χ2n) is 6.58. The van der Waals surface area contributed by atoms with Crippen LogP contribution in [-0.2, 0) is 0 Å². The number of unbranched alkanes of at least 4 members (excludes halogenated alkanes) is 1. The number of hydrogen-bond donors (Lipinski definition) is 0. The van der Waals surface area contributed by atoms with Crippen molar-refractivity contribution in [3.8, 4) is 17.6 Å². The van der Waals surface area contributed by atoms with Gasteiger partial charge in [-0.2, -0.15) is 0 Å². The number of hydrogen-bond acceptors (Lipinski definition) is 1. The first-order valence-electron chi connectivity index (χ1n) is 9.44. The summed E-state index contributed by atoms with van der Waals surface area (Å²) in [5.41, 5.74) is 3.45. The van der Waals surface area contributed by atoms with Crippen LogP contribution in [0.25, 0.3) is 15.2 Å². The van der Waals surface area contributed by atoms with E-state index in [2.05, 4.69) is 67.3 Å². The van der Waals surface area contributed by atoms with Crippen molar-refractivity contribution in [1.82, 2.24) is 0 Å². The van der Waals surface area contributed by atoms with Gasteiger partial charge in [0.2, 0.25) is 0 Å². The maximum absolute atomic E-state index is 6.22. The molecule has 0 fully saturated rings. The van der Waals surface area contributed by atoms with Gasteiger partial charge in [0.25, 0.3) is 0 Å². The van der Waals surface area contributed by atoms with Gasteiger partial charge in [0, 0.05) is 0 Å². The van der Waals surface area contributed by atoms with Crippen LogP contribution in [-0.4, -0.2) is 21.6 Å². The molecule has 1 aliphatic heterocycles. The second kappa shape index (κ2) is 8.49. The summed E-state index contributed by atoms with van der Waals surface area (Å²) in [5.74, 6) is 7.78. The average Bonchev–Trinajstić information content (AvgIpc) is 2.73. The summed E-state index contributed by atoms with van der Waals surface area (Å²) >= 11 is 0.414. The minimum atomic E-state index is 0.414. The van der Waals surface area contributed by atoms with E-state index < -0.39 is 0 Å². The van der Waals surface area contributed by atoms with Gasteiger partial charge in [-0.05, 0) is 0 Å². The van der Waals surface area contributed by atoms with E-state index in [1.165, 1.54) is 39.0 Å². The average molecular weight is 417 g/mol. The molecule has 0 N–H and O–H groups in total. The Hall–Kier alpha value is -2.46. The van der Waals surface area contributed by atoms with Crippen LogP contribution < -0.4 is 4.74 Å². The van der Waals surface area contributed by atoms with Crippen LogP contribution >= 0.6 is 0 Å². The SMILES string of the molecule is CCCC[Se]C1=C(C#Cc2ccccc2)COc2c1ccc1ccccc21. The van der Waals surface area contributed by atoms with Crippen LogP contribution in [0.1, 0.15) is 30.9 Å². The van der Waals surface area contributed by atoms with Gasteiger partial charge in [0.15, 0.2) is 0 Å². The molecule has 0 aliphatic carbocycles. The molecule has 1 heterocycles. The van der Waals surface area contributed by atoms with Gasteiger partial charge in [0.05, 0.1) is 0 Å². The Morgan fingerprint density at radius 2 is 1.74 bits per heavy atom. The minimum absolute atomic E-state index is 0.414. The molecule has 2 heteroatoms. The Morgan fingerprint density at radius 3 is 2.59 bits per heavy atom. The standard InChI is InChI=1S/C25H22OSe/c1-2-3-17-27-25-21(14-13-19-9-5-4-6-10-19)18-26-24-22-12-8-7-11-20(22)15-16-23(24)25/h4-12,15-16H,2-3,17-18H2,1H3. The van der Waals surface area contributed by atoms with E-state index in [0.29, 0.717) is 21.6 Å². The van der Waals surface area contributed by atoms with E-state index in [-0.39, 0.29) is 0 Å². The molecule has 0 bridgehead atoms. The fraction of sp³-hybridized carbons (Fsp3) is 0.200. The number of ether oxygens (including phenoxy) is 1. The van der Waals surface area contributed by atoms with Crippen LogP contribution in [0.15, 0.2) is 72.3 Å². The Labute approximate surface area is 167 Å². The zero-order chi connectivity index (χ0) is 18.5. The fourth-order valence-corrected chi connectivity index (χ4v) is 5.79. The van der Waals surface area contributed by atoms with E-state index in [4.69, 9.17) is 4.74 Å². The van der Waals surface area contributed by atoms with Gasteiger partial charge in [-0.25, -0.2) is 0 Å². The molecule has 0 aromatic heterocycles. The fourth-order valence-electron chi connectivity index (χ4n) is 3.20. The van der Waals surface area contributed by atoms with E-state index in [9.17, 15) is 0 Å². The molecule has 3 aromatic carbocycles. The van der Waals surface area contributed by atoms with Crippen LogP contribution in [0.2, 0.25) is 5.32 Å². The molecule has 1 aliphatic rings. The van der Waals surface area contributed by atoms with Gasteiger partial charge >= 0.3 is 168 Å². The third-order valence-corrected chi connectivity index (χ3v) is 7.25. The van der Waals surface area contributed by atoms with Crippen molar-refractivity contribution in [2.24, 2.45) is 0 Å². The Kier molecular flexibility index (Phi) is 5.63. The quantitative estimate of drug-likeness (QED) is 0.291. The van der Waals surface area contributed by atoms with Crippen molar-refractivity contribution in [3.63, 3.8) is 0 Å². The van der Waals surface area contributed by atoms with Gasteiger partial charge < -0.3 is 0 Å². The van der Waals surface area contributed by atoms with Crippen LogP contribution in [0.4, 0.5) is 0 Å². The summed E-state index contributed by atoms with van der Waals surface area (Å²) in [6, 6.07) is 23.1. The predicted molar refractivity (Wildman–Crippen MR) is 115 cm³/mol. The molecule has 3 aromatic rings. The van der Waals surface area contributed by atoms with E-state index in [1.54, 1.807) is 0 Å². The molecular weight excluding hydrogens is 395 g/mol. The molecule has 134 valence electrons. The molecule has 0 atom stereocenters. The van der Waals surface area contributed by atoms with E-state index in [1.807, 2.05) is 18.2 Å². The normalized spacial score (nSPS) is 12.9. The van der Waals surface area contributed by atoms with Crippen LogP contribution in [0.5, 0.6) is 5.75 Å². The Bertz CT molecular complexity index is 1040. The van der Waals surface area contributed by atoms with E-state index >= 15 is 0 Å². The first kappa shape index (κ1) is 17.9. The molecule has 0 unspecified atom stereocenters. The first-order chi connectivity index (χ1) is 13.4. The van der Waals surface area contributed by atoms with Gasteiger partial charge in [-0.15, -0.1) is 0 Å². The Morgan fingerprint density at radius 1 is 0.926 bits per heavy atom. The molecule has 1 nitrogen and oxygen atoms in total. The molecule has 0 spiro atoms. The van der Waals surface area contributed by atoms with Gasteiger partial charge in [-0.1, -0.05) is 0 Å². The topological polar surface area (TPSA) is 9.23 Å². The molecule has 0 saturated carbocycles. The van der Waals surface area contributed by atoms with Crippen molar-refractivity contribution >= 4 is 30.2 Å². The Balaban J connectivity index is 1.79. The zero-order valence-corrected chi connectivity index (χ0v) is 17.2. The number of fused-ring (bicyclic) bond motifs is 3. The molecule has 27 heavy (non-hydrogen) atoms. The summed E-state index contributed by atoms with van der Waals surface area (Å²) < 4.78 is 7.65. The zero-order valence-electron chi connectivity index (χ0n) is 15.5. The summed E-state index contributed by atoms with van der Waals surface area (Å²) in [5, 5.41) is 3.69. The maximum atomic E-state index is 6.22.